The predicted molar refractivity (Wildman–Crippen MR) is 106 cm³/mol. The van der Waals surface area contributed by atoms with Gasteiger partial charge >= 0.3 is 18.2 Å². The number of amides is 2. The van der Waals surface area contributed by atoms with Crippen LogP contribution in [0.4, 0.5) is 9.59 Å². The molecule has 0 bridgehead atoms. The average molecular weight is 405 g/mol. The van der Waals surface area contributed by atoms with Crippen molar-refractivity contribution in [3.63, 3.8) is 0 Å². The molecule has 0 aromatic carbocycles. The van der Waals surface area contributed by atoms with Crippen molar-refractivity contribution in [2.75, 3.05) is 20.1 Å². The van der Waals surface area contributed by atoms with Crippen LogP contribution in [0, 0.1) is 5.41 Å². The molecule has 0 heterocycles. The van der Waals surface area contributed by atoms with Crippen molar-refractivity contribution in [2.24, 2.45) is 10.4 Å². The molecule has 0 radical (unpaired) electrons. The lowest BCUT2D eigenvalue weighted by atomic mass is 9.99. The maximum atomic E-state index is 12.3. The molecule has 0 aromatic heterocycles. The molecule has 0 aliphatic carbocycles. The molecule has 0 atom stereocenters. The topological polar surface area (TPSA) is 107 Å². The molecule has 162 valence electrons. The Balaban J connectivity index is 5.91. The first-order valence-electron chi connectivity index (χ1n) is 10.3. The summed E-state index contributed by atoms with van der Waals surface area (Å²) in [6.07, 6.45) is -2.22. The van der Waals surface area contributed by atoms with E-state index >= 15 is 0 Å². The molecule has 0 aromatic rings. The summed E-state index contributed by atoms with van der Waals surface area (Å²) < 4.78 is 38.5. The van der Waals surface area contributed by atoms with Crippen molar-refractivity contribution in [1.29, 1.82) is 0 Å². The fourth-order valence-electron chi connectivity index (χ4n) is 1.47. The average Bonchev–Trinajstić information content (AvgIpc) is 2.44. The summed E-state index contributed by atoms with van der Waals surface area (Å²) >= 11 is 0. The van der Waals surface area contributed by atoms with Crippen LogP contribution in [0.3, 0.4) is 0 Å². The van der Waals surface area contributed by atoms with Gasteiger partial charge in [0.15, 0.2) is 0 Å². The molecule has 0 aliphatic rings. The van der Waals surface area contributed by atoms with Gasteiger partial charge in [-0.3, -0.25) is 10.1 Å². The number of likely N-dealkylation sites (N-methyl/N-ethyl adjacent to an activating group) is 1. The Labute approximate surface area is 172 Å². The molecular weight excluding hydrogens is 366 g/mol. The van der Waals surface area contributed by atoms with Crippen LogP contribution in [-0.4, -0.2) is 60.3 Å². The number of nitrogens with one attached hydrogen (secondary N) is 1. The van der Waals surface area contributed by atoms with E-state index in [-0.39, 0.29) is 12.0 Å². The zero-order valence-electron chi connectivity index (χ0n) is 21.3. The Kier molecular flexibility index (Phi) is 7.11. The van der Waals surface area contributed by atoms with E-state index < -0.39 is 48.8 Å². The normalized spacial score (nSPS) is 14.9. The highest BCUT2D eigenvalue weighted by atomic mass is 16.6. The molecule has 9 nitrogen and oxygen atoms in total. The second-order valence-corrected chi connectivity index (χ2v) is 9.35. The predicted octanol–water partition coefficient (Wildman–Crippen LogP) is 3.32. The minimum Gasteiger partial charge on any atom is -0.464 e. The summed E-state index contributed by atoms with van der Waals surface area (Å²) in [4.78, 5) is 40.7. The van der Waals surface area contributed by atoms with Gasteiger partial charge in [0.25, 0.3) is 0 Å². The zero-order valence-corrected chi connectivity index (χ0v) is 18.3. The molecule has 1 N–H and O–H groups in total. The zero-order chi connectivity index (χ0) is 24.8. The number of carbonyl (C=O) groups is 3. The van der Waals surface area contributed by atoms with Crippen LogP contribution < -0.4 is 5.32 Å². The maximum Gasteiger partial charge on any atom is 0.437 e. The van der Waals surface area contributed by atoms with Crippen LogP contribution in [0.5, 0.6) is 0 Å². The van der Waals surface area contributed by atoms with Gasteiger partial charge in [0.05, 0.1) is 6.61 Å². The van der Waals surface area contributed by atoms with Crippen molar-refractivity contribution >= 4 is 24.1 Å². The number of nitrogens with zero attached hydrogens (tertiary/aromatic N) is 2. The van der Waals surface area contributed by atoms with Crippen molar-refractivity contribution in [3.8, 4) is 0 Å². The smallest absolute Gasteiger partial charge is 0.437 e. The Hall–Kier alpha value is -2.32. The Morgan fingerprint density at radius 3 is 1.93 bits per heavy atom. The molecule has 0 saturated heterocycles. The number of hydrogen-bond donors (Lipinski definition) is 1. The Bertz CT molecular complexity index is 686. The lowest BCUT2D eigenvalue weighted by Gasteiger charge is -2.25. The number of carbonyl (C=O) groups excluding carboxylic acids is 3. The van der Waals surface area contributed by atoms with E-state index in [1.54, 1.807) is 41.5 Å². The van der Waals surface area contributed by atoms with Crippen LogP contribution in [0.15, 0.2) is 4.99 Å². The minimum absolute atomic E-state index is 0.0404. The van der Waals surface area contributed by atoms with Gasteiger partial charge in [-0.25, -0.2) is 9.59 Å². The van der Waals surface area contributed by atoms with Gasteiger partial charge in [-0.1, -0.05) is 20.8 Å². The lowest BCUT2D eigenvalue weighted by molar-refractivity contribution is -0.146. The summed E-state index contributed by atoms with van der Waals surface area (Å²) in [6, 6.07) is 0. The molecular formula is C19H35N3O6. The van der Waals surface area contributed by atoms with Crippen molar-refractivity contribution in [3.05, 3.63) is 0 Å². The second kappa shape index (κ2) is 9.75. The lowest BCUT2D eigenvalue weighted by Crippen LogP contribution is -2.47. The van der Waals surface area contributed by atoms with Crippen molar-refractivity contribution in [1.82, 2.24) is 10.2 Å². The fourth-order valence-corrected chi connectivity index (χ4v) is 1.47. The largest absolute Gasteiger partial charge is 0.464 e. The molecule has 0 unspecified atom stereocenters. The molecule has 0 fully saturated rings. The van der Waals surface area contributed by atoms with E-state index in [4.69, 9.17) is 18.3 Å². The summed E-state index contributed by atoms with van der Waals surface area (Å²) in [6.45, 7) is 11.4. The number of rotatable bonds is 3. The highest BCUT2D eigenvalue weighted by molar-refractivity contribution is 5.99. The third-order valence-corrected chi connectivity index (χ3v) is 2.41. The SMILES string of the molecule is [2H]C([2H])([2H])N(CC(=O)OCC(C)(C)C)C(=NC(=O)OC(C)(C)C)NC(=O)OC(C)(C)C. The van der Waals surface area contributed by atoms with Crippen LogP contribution in [-0.2, 0) is 19.0 Å². The van der Waals surface area contributed by atoms with Crippen LogP contribution in [0.2, 0.25) is 0 Å². The third-order valence-electron chi connectivity index (χ3n) is 2.41. The molecule has 0 spiro atoms. The van der Waals surface area contributed by atoms with Gasteiger partial charge in [-0.2, -0.15) is 0 Å². The number of aliphatic imine (C=N–C) groups is 1. The molecule has 0 saturated carbocycles. The number of ether oxygens (including phenoxy) is 3. The van der Waals surface area contributed by atoms with Gasteiger partial charge in [0.1, 0.15) is 17.7 Å². The molecule has 0 aliphatic heterocycles. The quantitative estimate of drug-likeness (QED) is 0.333. The van der Waals surface area contributed by atoms with Crippen molar-refractivity contribution < 1.29 is 32.7 Å². The summed E-state index contributed by atoms with van der Waals surface area (Å²) in [5.41, 5.74) is -2.17. The van der Waals surface area contributed by atoms with Crippen molar-refractivity contribution in [2.45, 2.75) is 73.5 Å². The van der Waals surface area contributed by atoms with E-state index in [0.29, 0.717) is 4.90 Å². The van der Waals surface area contributed by atoms with Gasteiger partial charge in [0, 0.05) is 11.1 Å². The summed E-state index contributed by atoms with van der Waals surface area (Å²) in [7, 11) is 0. The van der Waals surface area contributed by atoms with Gasteiger partial charge < -0.3 is 19.1 Å². The fraction of sp³-hybridized carbons (Fsp3) is 0.789. The van der Waals surface area contributed by atoms with Gasteiger partial charge in [-0.15, -0.1) is 4.99 Å². The number of esters is 1. The van der Waals surface area contributed by atoms with Crippen LogP contribution in [0.1, 0.15) is 66.4 Å². The minimum atomic E-state index is -2.95. The van der Waals surface area contributed by atoms with E-state index in [1.165, 1.54) is 0 Å². The molecule has 9 heteroatoms. The first-order chi connectivity index (χ1) is 13.6. The molecule has 2 amide bonds. The van der Waals surface area contributed by atoms with Gasteiger partial charge in [0.2, 0.25) is 5.96 Å². The first-order valence-corrected chi connectivity index (χ1v) is 8.84. The van der Waals surface area contributed by atoms with E-state index in [9.17, 15) is 14.4 Å². The number of hydrogen-bond acceptors (Lipinski definition) is 6. The van der Waals surface area contributed by atoms with Crippen LogP contribution >= 0.6 is 0 Å². The first kappa shape index (κ1) is 20.4. The third kappa shape index (κ3) is 13.8. The summed E-state index contributed by atoms with van der Waals surface area (Å²) in [5.74, 6) is -1.61. The molecule has 28 heavy (non-hydrogen) atoms. The van der Waals surface area contributed by atoms with Gasteiger partial charge in [-0.05, 0) is 47.0 Å². The standard InChI is InChI=1S/C19H35N3O6/c1-17(2,3)12-26-13(23)11-22(10)14(20-15(24)27-18(4,5)6)21-16(25)28-19(7,8)9/h11-12H2,1-10H3,(H,20,21,24,25)/i10D3. The summed E-state index contributed by atoms with van der Waals surface area (Å²) in [5, 5.41) is 2.12. The Morgan fingerprint density at radius 2 is 1.50 bits per heavy atom. The van der Waals surface area contributed by atoms with E-state index in [2.05, 4.69) is 10.3 Å². The highest BCUT2D eigenvalue weighted by Gasteiger charge is 2.23. The maximum absolute atomic E-state index is 12.3. The van der Waals surface area contributed by atoms with E-state index in [1.807, 2.05) is 20.8 Å². The Morgan fingerprint density at radius 1 is 0.964 bits per heavy atom. The van der Waals surface area contributed by atoms with E-state index in [0.717, 1.165) is 0 Å². The monoisotopic (exact) mass is 404 g/mol. The van der Waals surface area contributed by atoms with Crippen LogP contribution in [0.25, 0.3) is 0 Å². The molecule has 0 rings (SSSR count). The second-order valence-electron chi connectivity index (χ2n) is 9.35. The number of guanidine groups is 1. The number of alkyl carbamates (subject to hydrolysis) is 1. The highest BCUT2D eigenvalue weighted by Crippen LogP contribution is 2.13.